The van der Waals surface area contributed by atoms with Gasteiger partial charge < -0.3 is 0 Å². The highest BCUT2D eigenvalue weighted by molar-refractivity contribution is 8.05. The van der Waals surface area contributed by atoms with Crippen LogP contribution in [-0.4, -0.2) is 25.9 Å². The van der Waals surface area contributed by atoms with Gasteiger partial charge in [-0.25, -0.2) is 12.8 Å². The van der Waals surface area contributed by atoms with Crippen LogP contribution in [0.15, 0.2) is 29.4 Å². The van der Waals surface area contributed by atoms with Gasteiger partial charge in [-0.1, -0.05) is 12.1 Å². The van der Waals surface area contributed by atoms with E-state index in [0.717, 1.165) is 30.5 Å². The van der Waals surface area contributed by atoms with E-state index in [2.05, 4.69) is 5.10 Å². The zero-order valence-electron chi connectivity index (χ0n) is 10.2. The highest BCUT2D eigenvalue weighted by Gasteiger charge is 2.60. The van der Waals surface area contributed by atoms with Crippen LogP contribution >= 0.6 is 0 Å². The molecule has 0 spiro atoms. The summed E-state index contributed by atoms with van der Waals surface area (Å²) in [5.41, 5.74) is -1.09. The number of hydrazone groups is 1. The van der Waals surface area contributed by atoms with Crippen molar-refractivity contribution in [3.05, 3.63) is 35.6 Å². The van der Waals surface area contributed by atoms with Crippen molar-refractivity contribution >= 4 is 14.9 Å². The highest BCUT2D eigenvalue weighted by atomic mass is 32.2. The first-order valence-electron chi connectivity index (χ1n) is 5.43. The molecular formula is C11H10F4N2O2S. The van der Waals surface area contributed by atoms with Crippen molar-refractivity contribution in [2.45, 2.75) is 18.1 Å². The molecule has 1 aromatic carbocycles. The van der Waals surface area contributed by atoms with Gasteiger partial charge in [-0.15, -0.1) is 0 Å². The number of hydrogen-bond donors (Lipinski definition) is 1. The number of nitrogens with one attached hydrogen (secondary N) is 1. The lowest BCUT2D eigenvalue weighted by atomic mass is 9.87. The van der Waals surface area contributed by atoms with E-state index in [1.54, 1.807) is 0 Å². The molecule has 0 aliphatic carbocycles. The van der Waals surface area contributed by atoms with Crippen molar-refractivity contribution < 1.29 is 26.0 Å². The van der Waals surface area contributed by atoms with Crippen LogP contribution in [0.25, 0.3) is 0 Å². The Kier molecular flexibility index (Phi) is 3.28. The van der Waals surface area contributed by atoms with Crippen molar-refractivity contribution in [1.82, 2.24) is 5.43 Å². The zero-order valence-corrected chi connectivity index (χ0v) is 11.0. The Morgan fingerprint density at radius 3 is 2.20 bits per heavy atom. The molecule has 1 atom stereocenters. The van der Waals surface area contributed by atoms with E-state index in [4.69, 9.17) is 0 Å². The third-order valence-corrected chi connectivity index (χ3v) is 4.13. The Hall–Kier alpha value is -1.64. The minimum atomic E-state index is -4.79. The van der Waals surface area contributed by atoms with Crippen LogP contribution in [0.3, 0.4) is 0 Å². The Morgan fingerprint density at radius 1 is 1.25 bits per heavy atom. The summed E-state index contributed by atoms with van der Waals surface area (Å²) in [6.45, 7) is 0. The number of sulfone groups is 1. The van der Waals surface area contributed by atoms with Crippen molar-refractivity contribution in [2.24, 2.45) is 5.10 Å². The highest BCUT2D eigenvalue weighted by Crippen LogP contribution is 2.44. The Labute approximate surface area is 112 Å². The molecule has 0 radical (unpaired) electrons. The quantitative estimate of drug-likeness (QED) is 0.807. The first-order valence-corrected chi connectivity index (χ1v) is 7.32. The third kappa shape index (κ3) is 2.37. The van der Waals surface area contributed by atoms with Gasteiger partial charge in [0.2, 0.25) is 0 Å². The zero-order chi connectivity index (χ0) is 15.2. The molecule has 1 aliphatic rings. The van der Waals surface area contributed by atoms with E-state index in [9.17, 15) is 26.0 Å². The first-order chi connectivity index (χ1) is 9.06. The summed E-state index contributed by atoms with van der Waals surface area (Å²) in [7, 11) is -3.84. The van der Waals surface area contributed by atoms with Gasteiger partial charge in [0.05, 0.1) is 0 Å². The van der Waals surface area contributed by atoms with Crippen LogP contribution in [0, 0.1) is 5.82 Å². The van der Waals surface area contributed by atoms with Gasteiger partial charge in [-0.3, -0.25) is 5.43 Å². The van der Waals surface area contributed by atoms with Gasteiger partial charge in [0, 0.05) is 12.7 Å². The minimum Gasteiger partial charge on any atom is -0.289 e. The SMILES string of the molecule is CS(=O)(=O)C1=NNC(c2ccc(F)cc2)(C(F)(F)F)C1. The second kappa shape index (κ2) is 4.44. The molecule has 0 fully saturated rings. The van der Waals surface area contributed by atoms with Crippen molar-refractivity contribution in [1.29, 1.82) is 0 Å². The molecule has 20 heavy (non-hydrogen) atoms. The topological polar surface area (TPSA) is 58.5 Å². The Balaban J connectivity index is 2.49. The largest absolute Gasteiger partial charge is 0.417 e. The summed E-state index contributed by atoms with van der Waals surface area (Å²) in [4.78, 5) is 0. The molecule has 0 saturated heterocycles. The van der Waals surface area contributed by atoms with E-state index in [1.165, 1.54) is 0 Å². The van der Waals surface area contributed by atoms with Crippen LogP contribution < -0.4 is 5.43 Å². The third-order valence-electron chi connectivity index (χ3n) is 3.04. The molecule has 2 rings (SSSR count). The molecule has 0 amide bonds. The molecular weight excluding hydrogens is 300 g/mol. The fourth-order valence-electron chi connectivity index (χ4n) is 1.91. The molecule has 0 saturated carbocycles. The predicted molar refractivity (Wildman–Crippen MR) is 64.2 cm³/mol. The molecule has 1 aliphatic heterocycles. The minimum absolute atomic E-state index is 0.297. The van der Waals surface area contributed by atoms with Gasteiger partial charge in [-0.05, 0) is 17.7 Å². The van der Waals surface area contributed by atoms with Gasteiger partial charge in [0.1, 0.15) is 5.82 Å². The maximum atomic E-state index is 13.3. The van der Waals surface area contributed by atoms with Crippen LogP contribution in [0.4, 0.5) is 17.6 Å². The molecule has 0 bridgehead atoms. The lowest BCUT2D eigenvalue weighted by Gasteiger charge is -2.31. The predicted octanol–water partition coefficient (Wildman–Crippen LogP) is 1.93. The van der Waals surface area contributed by atoms with Gasteiger partial charge >= 0.3 is 6.18 Å². The summed E-state index contributed by atoms with van der Waals surface area (Å²) in [5, 5.41) is 2.71. The smallest absolute Gasteiger partial charge is 0.289 e. The fourth-order valence-corrected chi connectivity index (χ4v) is 2.60. The van der Waals surface area contributed by atoms with Gasteiger partial charge in [-0.2, -0.15) is 18.3 Å². The molecule has 1 heterocycles. The van der Waals surface area contributed by atoms with Crippen LogP contribution in [-0.2, 0) is 15.4 Å². The summed E-state index contributed by atoms with van der Waals surface area (Å²) in [5.74, 6) is -0.687. The van der Waals surface area contributed by atoms with Crippen LogP contribution in [0.2, 0.25) is 0 Å². The number of alkyl halides is 3. The Bertz CT molecular complexity index is 652. The van der Waals surface area contributed by atoms with E-state index in [-0.39, 0.29) is 5.56 Å². The standard InChI is InChI=1S/C11H10F4N2O2S/c1-20(18,19)9-6-10(17-16-9,11(13,14)15)7-2-4-8(12)5-3-7/h2-5,17H,6H2,1H3. The maximum absolute atomic E-state index is 13.3. The lowest BCUT2D eigenvalue weighted by Crippen LogP contribution is -2.50. The first kappa shape index (κ1) is 14.8. The lowest BCUT2D eigenvalue weighted by molar-refractivity contribution is -0.196. The molecule has 4 nitrogen and oxygen atoms in total. The molecule has 110 valence electrons. The molecule has 1 N–H and O–H groups in total. The molecule has 9 heteroatoms. The normalized spacial score (nSPS) is 23.4. The van der Waals surface area contributed by atoms with E-state index in [1.807, 2.05) is 5.43 Å². The molecule has 1 unspecified atom stereocenters. The summed E-state index contributed by atoms with van der Waals surface area (Å²) in [6, 6.07) is 3.67. The van der Waals surface area contributed by atoms with Crippen molar-refractivity contribution in [3.63, 3.8) is 0 Å². The van der Waals surface area contributed by atoms with Gasteiger partial charge in [0.15, 0.2) is 20.4 Å². The van der Waals surface area contributed by atoms with Crippen molar-refractivity contribution in [2.75, 3.05) is 6.26 Å². The number of benzene rings is 1. The fraction of sp³-hybridized carbons (Fsp3) is 0.364. The van der Waals surface area contributed by atoms with Crippen LogP contribution in [0.1, 0.15) is 12.0 Å². The summed E-state index contributed by atoms with van der Waals surface area (Å²) < 4.78 is 75.5. The second-order valence-corrected chi connectivity index (χ2v) is 6.49. The van der Waals surface area contributed by atoms with E-state index in [0.29, 0.717) is 0 Å². The number of halogens is 4. The average molecular weight is 310 g/mol. The summed E-state index contributed by atoms with van der Waals surface area (Å²) in [6.07, 6.45) is -4.87. The monoisotopic (exact) mass is 310 g/mol. The van der Waals surface area contributed by atoms with E-state index < -0.39 is 38.8 Å². The second-order valence-electron chi connectivity index (χ2n) is 4.48. The number of hydrogen-bond acceptors (Lipinski definition) is 4. The molecule has 0 aromatic heterocycles. The van der Waals surface area contributed by atoms with Crippen molar-refractivity contribution in [3.8, 4) is 0 Å². The molecule has 1 aromatic rings. The average Bonchev–Trinajstić information content (AvgIpc) is 2.75. The number of nitrogens with zero attached hydrogens (tertiary/aromatic N) is 1. The summed E-state index contributed by atoms with van der Waals surface area (Å²) >= 11 is 0. The van der Waals surface area contributed by atoms with E-state index >= 15 is 0 Å². The van der Waals surface area contributed by atoms with Gasteiger partial charge in [0.25, 0.3) is 0 Å². The Morgan fingerprint density at radius 2 is 1.80 bits per heavy atom. The number of rotatable bonds is 1. The maximum Gasteiger partial charge on any atom is 0.417 e. The van der Waals surface area contributed by atoms with Crippen LogP contribution in [0.5, 0.6) is 0 Å².